The molecule has 6 nitrogen and oxygen atoms in total. The highest BCUT2D eigenvalue weighted by Gasteiger charge is 2.39. The average molecular weight is 307 g/mol. The number of esters is 2. The molecule has 0 N–H and O–H groups in total. The fourth-order valence-electron chi connectivity index (χ4n) is 2.04. The molecular weight excluding hydrogens is 286 g/mol. The quantitative estimate of drug-likeness (QED) is 0.747. The number of hydrogen-bond acceptors (Lipinski definition) is 5. The second kappa shape index (κ2) is 7.59. The third-order valence-electron chi connectivity index (χ3n) is 3.39. The van der Waals surface area contributed by atoms with E-state index in [0.29, 0.717) is 5.56 Å². The van der Waals surface area contributed by atoms with Crippen LogP contribution in [0.25, 0.3) is 0 Å². The summed E-state index contributed by atoms with van der Waals surface area (Å²) < 4.78 is 9.36. The zero-order chi connectivity index (χ0) is 16.8. The van der Waals surface area contributed by atoms with Gasteiger partial charge in [-0.1, -0.05) is 18.2 Å². The number of methoxy groups -OCH3 is 2. The Balaban J connectivity index is 3.08. The molecule has 120 valence electrons. The van der Waals surface area contributed by atoms with Crippen LogP contribution in [-0.2, 0) is 19.1 Å². The first kappa shape index (κ1) is 17.7. The van der Waals surface area contributed by atoms with Gasteiger partial charge < -0.3 is 14.4 Å². The van der Waals surface area contributed by atoms with Crippen molar-refractivity contribution in [2.24, 2.45) is 0 Å². The summed E-state index contributed by atoms with van der Waals surface area (Å²) in [6.45, 7) is 3.22. The normalized spacial score (nSPS) is 10.7. The molecule has 0 heterocycles. The van der Waals surface area contributed by atoms with E-state index >= 15 is 0 Å². The van der Waals surface area contributed by atoms with Gasteiger partial charge in [0.15, 0.2) is 0 Å². The molecule has 0 aromatic heterocycles. The fourth-order valence-corrected chi connectivity index (χ4v) is 2.04. The summed E-state index contributed by atoms with van der Waals surface area (Å²) in [5, 5.41) is 0. The third kappa shape index (κ3) is 4.07. The first-order valence-electron chi connectivity index (χ1n) is 6.86. The van der Waals surface area contributed by atoms with Crippen molar-refractivity contribution in [2.45, 2.75) is 25.8 Å². The van der Waals surface area contributed by atoms with Crippen molar-refractivity contribution in [3.63, 3.8) is 0 Å². The molecule has 1 rings (SSSR count). The van der Waals surface area contributed by atoms with Gasteiger partial charge in [-0.2, -0.15) is 0 Å². The Bertz CT molecular complexity index is 539. The zero-order valence-electron chi connectivity index (χ0n) is 13.3. The van der Waals surface area contributed by atoms with E-state index < -0.39 is 17.5 Å². The van der Waals surface area contributed by atoms with Gasteiger partial charge in [-0.25, -0.2) is 4.79 Å². The lowest BCUT2D eigenvalue weighted by Crippen LogP contribution is -2.54. The Morgan fingerprint density at radius 2 is 1.64 bits per heavy atom. The Morgan fingerprint density at radius 1 is 1.05 bits per heavy atom. The Morgan fingerprint density at radius 3 is 2.14 bits per heavy atom. The summed E-state index contributed by atoms with van der Waals surface area (Å²) in [6.07, 6.45) is -0.00447. The molecule has 0 saturated carbocycles. The van der Waals surface area contributed by atoms with Crippen molar-refractivity contribution in [2.75, 3.05) is 20.8 Å². The molecule has 22 heavy (non-hydrogen) atoms. The molecule has 0 aliphatic heterocycles. The maximum atomic E-state index is 12.7. The van der Waals surface area contributed by atoms with Crippen LogP contribution < -0.4 is 0 Å². The van der Waals surface area contributed by atoms with E-state index in [-0.39, 0.29) is 18.9 Å². The van der Waals surface area contributed by atoms with Crippen LogP contribution in [0, 0.1) is 0 Å². The second-order valence-electron chi connectivity index (χ2n) is 5.20. The molecule has 0 aliphatic rings. The second-order valence-corrected chi connectivity index (χ2v) is 5.20. The van der Waals surface area contributed by atoms with Crippen molar-refractivity contribution in [1.29, 1.82) is 0 Å². The van der Waals surface area contributed by atoms with Crippen LogP contribution in [0.1, 0.15) is 30.6 Å². The number of nitrogens with zero attached hydrogens (tertiary/aromatic N) is 1. The van der Waals surface area contributed by atoms with Gasteiger partial charge in [0.25, 0.3) is 5.91 Å². The van der Waals surface area contributed by atoms with Crippen LogP contribution in [0.4, 0.5) is 0 Å². The van der Waals surface area contributed by atoms with Crippen molar-refractivity contribution < 1.29 is 23.9 Å². The molecule has 6 heteroatoms. The summed E-state index contributed by atoms with van der Waals surface area (Å²) in [7, 11) is 2.53. The Kier molecular flexibility index (Phi) is 6.10. The molecular formula is C16H21NO5. The summed E-state index contributed by atoms with van der Waals surface area (Å²) in [4.78, 5) is 37.4. The van der Waals surface area contributed by atoms with Gasteiger partial charge in [-0.05, 0) is 26.0 Å². The number of hydrogen-bond donors (Lipinski definition) is 0. The molecule has 0 aliphatic carbocycles. The summed E-state index contributed by atoms with van der Waals surface area (Å²) in [6, 6.07) is 8.57. The lowest BCUT2D eigenvalue weighted by molar-refractivity contribution is -0.152. The van der Waals surface area contributed by atoms with Gasteiger partial charge in [-0.15, -0.1) is 0 Å². The minimum atomic E-state index is -1.20. The predicted molar refractivity (Wildman–Crippen MR) is 80.2 cm³/mol. The Labute approximate surface area is 130 Å². The van der Waals surface area contributed by atoms with Crippen molar-refractivity contribution in [3.05, 3.63) is 35.9 Å². The number of amides is 1. The van der Waals surface area contributed by atoms with E-state index in [4.69, 9.17) is 4.74 Å². The molecule has 0 fully saturated rings. The summed E-state index contributed by atoms with van der Waals surface area (Å²) in [5.41, 5.74) is -0.764. The van der Waals surface area contributed by atoms with Crippen molar-refractivity contribution in [3.8, 4) is 0 Å². The number of carbonyl (C=O) groups is 3. The number of benzene rings is 1. The van der Waals surface area contributed by atoms with Crippen LogP contribution >= 0.6 is 0 Å². The lowest BCUT2D eigenvalue weighted by Gasteiger charge is -2.36. The number of rotatable bonds is 6. The van der Waals surface area contributed by atoms with E-state index in [1.165, 1.54) is 19.1 Å². The van der Waals surface area contributed by atoms with E-state index in [0.717, 1.165) is 0 Å². The Hall–Kier alpha value is -2.37. The highest BCUT2D eigenvalue weighted by atomic mass is 16.5. The van der Waals surface area contributed by atoms with Gasteiger partial charge in [0, 0.05) is 12.1 Å². The highest BCUT2D eigenvalue weighted by molar-refractivity contribution is 5.98. The molecule has 0 bridgehead atoms. The summed E-state index contributed by atoms with van der Waals surface area (Å²) in [5.74, 6) is -1.35. The van der Waals surface area contributed by atoms with Crippen molar-refractivity contribution >= 4 is 17.8 Å². The number of carbonyl (C=O) groups excluding carboxylic acids is 3. The minimum Gasteiger partial charge on any atom is -0.469 e. The topological polar surface area (TPSA) is 72.9 Å². The first-order chi connectivity index (χ1) is 10.3. The molecule has 1 amide bonds. The van der Waals surface area contributed by atoms with Crippen LogP contribution in [0.15, 0.2) is 30.3 Å². The lowest BCUT2D eigenvalue weighted by atomic mass is 10.0. The molecule has 0 radical (unpaired) electrons. The van der Waals surface area contributed by atoms with Gasteiger partial charge in [0.2, 0.25) is 0 Å². The van der Waals surface area contributed by atoms with Crippen molar-refractivity contribution in [1.82, 2.24) is 4.90 Å². The van der Waals surface area contributed by atoms with Gasteiger partial charge in [0.1, 0.15) is 5.54 Å². The zero-order valence-corrected chi connectivity index (χ0v) is 13.3. The van der Waals surface area contributed by atoms with Gasteiger partial charge >= 0.3 is 11.9 Å². The van der Waals surface area contributed by atoms with Crippen LogP contribution in [0.5, 0.6) is 0 Å². The maximum Gasteiger partial charge on any atom is 0.331 e. The largest absolute Gasteiger partial charge is 0.469 e. The molecule has 0 unspecified atom stereocenters. The molecule has 1 aromatic rings. The van der Waals surface area contributed by atoms with E-state index in [2.05, 4.69) is 4.74 Å². The summed E-state index contributed by atoms with van der Waals surface area (Å²) >= 11 is 0. The molecule has 0 atom stereocenters. The molecule has 0 spiro atoms. The monoisotopic (exact) mass is 307 g/mol. The van der Waals surface area contributed by atoms with E-state index in [1.54, 1.807) is 44.2 Å². The number of ether oxygens (including phenoxy) is 2. The minimum absolute atomic E-state index is 0.00447. The van der Waals surface area contributed by atoms with Gasteiger partial charge in [0.05, 0.1) is 20.6 Å². The third-order valence-corrected chi connectivity index (χ3v) is 3.39. The van der Waals surface area contributed by atoms with E-state index in [1.807, 2.05) is 0 Å². The molecule has 0 saturated heterocycles. The van der Waals surface area contributed by atoms with Gasteiger partial charge in [-0.3, -0.25) is 9.59 Å². The standard InChI is InChI=1S/C16H21NO5/c1-16(2,15(20)22-4)17(11-10-13(18)21-3)14(19)12-8-6-5-7-9-12/h5-9H,10-11H2,1-4H3. The average Bonchev–Trinajstić information content (AvgIpc) is 2.54. The maximum absolute atomic E-state index is 12.7. The highest BCUT2D eigenvalue weighted by Crippen LogP contribution is 2.20. The smallest absolute Gasteiger partial charge is 0.331 e. The van der Waals surface area contributed by atoms with E-state index in [9.17, 15) is 14.4 Å². The van der Waals surface area contributed by atoms with Crippen LogP contribution in [0.2, 0.25) is 0 Å². The first-order valence-corrected chi connectivity index (χ1v) is 6.86. The SMILES string of the molecule is COC(=O)CCN(C(=O)c1ccccc1)C(C)(C)C(=O)OC. The molecule has 1 aromatic carbocycles. The fraction of sp³-hybridized carbons (Fsp3) is 0.438. The predicted octanol–water partition coefficient (Wildman–Crippen LogP) is 1.64. The van der Waals surface area contributed by atoms with Crippen LogP contribution in [-0.4, -0.2) is 49.0 Å². The van der Waals surface area contributed by atoms with Crippen LogP contribution in [0.3, 0.4) is 0 Å².